The monoisotopic (exact) mass is 353 g/mol. The first-order valence-electron chi connectivity index (χ1n) is 7.33. The fraction of sp³-hybridized carbons (Fsp3) is 0.176. The van der Waals surface area contributed by atoms with Gasteiger partial charge < -0.3 is 15.8 Å². The van der Waals surface area contributed by atoms with Gasteiger partial charge in [-0.1, -0.05) is 11.8 Å². The number of nitrogens with one attached hydrogen (secondary N) is 1. The second-order valence-corrected chi connectivity index (χ2v) is 5.76. The number of carbonyl (C=O) groups is 1. The van der Waals surface area contributed by atoms with Gasteiger partial charge in [0.15, 0.2) is 0 Å². The minimum atomic E-state index is -0.247. The Kier molecular flexibility index (Phi) is 6.21. The zero-order valence-electron chi connectivity index (χ0n) is 13.4. The zero-order valence-corrected chi connectivity index (χ0v) is 14.3. The van der Waals surface area contributed by atoms with Crippen molar-refractivity contribution >= 4 is 29.2 Å². The van der Waals surface area contributed by atoms with Crippen LogP contribution in [0.2, 0.25) is 0 Å². The van der Waals surface area contributed by atoms with E-state index in [1.807, 2.05) is 19.1 Å². The lowest BCUT2D eigenvalue weighted by molar-refractivity contribution is -0.113. The van der Waals surface area contributed by atoms with E-state index in [9.17, 15) is 4.79 Å². The molecular formula is C17H15N5O2S. The molecule has 0 atom stereocenters. The van der Waals surface area contributed by atoms with Gasteiger partial charge in [-0.15, -0.1) is 0 Å². The van der Waals surface area contributed by atoms with Gasteiger partial charge in [-0.2, -0.15) is 10.5 Å². The zero-order chi connectivity index (χ0) is 18.2. The van der Waals surface area contributed by atoms with Crippen molar-refractivity contribution in [3.63, 3.8) is 0 Å². The summed E-state index contributed by atoms with van der Waals surface area (Å²) in [6, 6.07) is 12.2. The number of pyridine rings is 1. The second-order valence-electron chi connectivity index (χ2n) is 4.79. The number of carbonyl (C=O) groups excluding carboxylic acids is 1. The standard InChI is InChI=1S/C17H15N5O2S/c1-2-24-14-5-3-13(4-6-14)21-15(23)10-25-17-12(9-19)7-11(8-18)16(20)22-17/h3-7H,2,10H2,1H3,(H2,20,22)(H,21,23). The number of nitrogens with zero attached hydrogens (tertiary/aromatic N) is 3. The Hall–Kier alpha value is -3.23. The first kappa shape index (κ1) is 18.1. The number of aromatic nitrogens is 1. The highest BCUT2D eigenvalue weighted by atomic mass is 32.2. The summed E-state index contributed by atoms with van der Waals surface area (Å²) < 4.78 is 5.34. The van der Waals surface area contributed by atoms with E-state index < -0.39 is 0 Å². The molecule has 0 saturated carbocycles. The molecule has 126 valence electrons. The summed E-state index contributed by atoms with van der Waals surface area (Å²) in [6.07, 6.45) is 0. The van der Waals surface area contributed by atoms with Gasteiger partial charge in [0.1, 0.15) is 28.7 Å². The summed E-state index contributed by atoms with van der Waals surface area (Å²) in [5, 5.41) is 21.1. The lowest BCUT2D eigenvalue weighted by atomic mass is 10.2. The number of nitriles is 2. The molecule has 0 bridgehead atoms. The van der Waals surface area contributed by atoms with Crippen LogP contribution in [0.4, 0.5) is 11.5 Å². The maximum absolute atomic E-state index is 12.0. The number of ether oxygens (including phenoxy) is 1. The SMILES string of the molecule is CCOc1ccc(NC(=O)CSc2nc(N)c(C#N)cc2C#N)cc1. The Labute approximate surface area is 149 Å². The molecule has 2 rings (SSSR count). The number of hydrogen-bond acceptors (Lipinski definition) is 7. The molecule has 1 aromatic carbocycles. The molecular weight excluding hydrogens is 338 g/mol. The van der Waals surface area contributed by atoms with Crippen molar-refractivity contribution in [3.8, 4) is 17.9 Å². The Balaban J connectivity index is 1.99. The van der Waals surface area contributed by atoms with Crippen LogP contribution in [0.25, 0.3) is 0 Å². The van der Waals surface area contributed by atoms with E-state index in [0.717, 1.165) is 17.5 Å². The van der Waals surface area contributed by atoms with Gasteiger partial charge in [-0.25, -0.2) is 4.98 Å². The van der Waals surface area contributed by atoms with Gasteiger partial charge in [-0.05, 0) is 37.3 Å². The molecule has 0 spiro atoms. The molecule has 1 amide bonds. The van der Waals surface area contributed by atoms with E-state index in [0.29, 0.717) is 17.3 Å². The van der Waals surface area contributed by atoms with Crippen molar-refractivity contribution < 1.29 is 9.53 Å². The van der Waals surface area contributed by atoms with Gasteiger partial charge in [-0.3, -0.25) is 4.79 Å². The maximum atomic E-state index is 12.0. The van der Waals surface area contributed by atoms with E-state index in [-0.39, 0.29) is 28.6 Å². The highest BCUT2D eigenvalue weighted by Crippen LogP contribution is 2.24. The number of benzene rings is 1. The van der Waals surface area contributed by atoms with Crippen LogP contribution >= 0.6 is 11.8 Å². The predicted octanol–water partition coefficient (Wildman–Crippen LogP) is 2.54. The molecule has 0 aliphatic carbocycles. The molecule has 0 aliphatic heterocycles. The van der Waals surface area contributed by atoms with Crippen LogP contribution in [0.15, 0.2) is 35.4 Å². The third-order valence-electron chi connectivity index (χ3n) is 3.05. The average molecular weight is 353 g/mol. The Bertz CT molecular complexity index is 853. The van der Waals surface area contributed by atoms with Crippen LogP contribution in [0.5, 0.6) is 5.75 Å². The van der Waals surface area contributed by atoms with Gasteiger partial charge in [0.05, 0.1) is 23.5 Å². The number of anilines is 2. The molecule has 0 fully saturated rings. The van der Waals surface area contributed by atoms with Crippen molar-refractivity contribution in [1.82, 2.24) is 4.98 Å². The molecule has 8 heteroatoms. The first-order chi connectivity index (χ1) is 12.1. The number of rotatable bonds is 6. The topological polar surface area (TPSA) is 125 Å². The lowest BCUT2D eigenvalue weighted by Crippen LogP contribution is -2.14. The molecule has 0 radical (unpaired) electrons. The summed E-state index contributed by atoms with van der Waals surface area (Å²) in [6.45, 7) is 2.47. The fourth-order valence-corrected chi connectivity index (χ4v) is 2.68. The summed E-state index contributed by atoms with van der Waals surface area (Å²) in [5.74, 6) is 0.574. The van der Waals surface area contributed by atoms with Crippen molar-refractivity contribution in [1.29, 1.82) is 10.5 Å². The first-order valence-corrected chi connectivity index (χ1v) is 8.32. The molecule has 7 nitrogen and oxygen atoms in total. The predicted molar refractivity (Wildman–Crippen MR) is 95.0 cm³/mol. The summed E-state index contributed by atoms with van der Waals surface area (Å²) >= 11 is 1.08. The summed E-state index contributed by atoms with van der Waals surface area (Å²) in [7, 11) is 0. The van der Waals surface area contributed by atoms with E-state index in [4.69, 9.17) is 21.0 Å². The van der Waals surface area contributed by atoms with E-state index in [1.54, 1.807) is 24.3 Å². The van der Waals surface area contributed by atoms with Crippen LogP contribution in [0, 0.1) is 22.7 Å². The molecule has 0 saturated heterocycles. The molecule has 25 heavy (non-hydrogen) atoms. The minimum Gasteiger partial charge on any atom is -0.494 e. The molecule has 1 heterocycles. The van der Waals surface area contributed by atoms with Crippen molar-refractivity contribution in [2.45, 2.75) is 11.9 Å². The number of nitrogens with two attached hydrogens (primary N) is 1. The third kappa shape index (κ3) is 4.87. The van der Waals surface area contributed by atoms with Crippen LogP contribution < -0.4 is 15.8 Å². The van der Waals surface area contributed by atoms with E-state index in [2.05, 4.69) is 10.3 Å². The molecule has 1 aromatic heterocycles. The average Bonchev–Trinajstić information content (AvgIpc) is 2.62. The highest BCUT2D eigenvalue weighted by Gasteiger charge is 2.12. The number of hydrogen-bond donors (Lipinski definition) is 2. The lowest BCUT2D eigenvalue weighted by Gasteiger charge is -2.08. The number of thioether (sulfide) groups is 1. The van der Waals surface area contributed by atoms with Gasteiger partial charge in [0.2, 0.25) is 5.91 Å². The maximum Gasteiger partial charge on any atom is 0.234 e. The van der Waals surface area contributed by atoms with Gasteiger partial charge in [0.25, 0.3) is 0 Å². The smallest absolute Gasteiger partial charge is 0.234 e. The van der Waals surface area contributed by atoms with Crippen LogP contribution in [0.3, 0.4) is 0 Å². The van der Waals surface area contributed by atoms with E-state index >= 15 is 0 Å². The van der Waals surface area contributed by atoms with Gasteiger partial charge in [0, 0.05) is 5.69 Å². The fourth-order valence-electron chi connectivity index (χ4n) is 1.92. The molecule has 3 N–H and O–H groups in total. The molecule has 2 aromatic rings. The van der Waals surface area contributed by atoms with Crippen molar-refractivity contribution in [2.75, 3.05) is 23.4 Å². The molecule has 0 aliphatic rings. The quantitative estimate of drug-likeness (QED) is 0.764. The Morgan fingerprint density at radius 3 is 2.56 bits per heavy atom. The summed E-state index contributed by atoms with van der Waals surface area (Å²) in [5.41, 5.74) is 6.65. The third-order valence-corrected chi connectivity index (χ3v) is 4.04. The van der Waals surface area contributed by atoms with Crippen LogP contribution in [0.1, 0.15) is 18.1 Å². The Morgan fingerprint density at radius 2 is 1.96 bits per heavy atom. The van der Waals surface area contributed by atoms with Crippen molar-refractivity contribution in [3.05, 3.63) is 41.5 Å². The van der Waals surface area contributed by atoms with Crippen LogP contribution in [-0.2, 0) is 4.79 Å². The molecule has 0 unspecified atom stereocenters. The van der Waals surface area contributed by atoms with Crippen molar-refractivity contribution in [2.24, 2.45) is 0 Å². The highest BCUT2D eigenvalue weighted by molar-refractivity contribution is 8.00. The number of amides is 1. The minimum absolute atomic E-state index is 0.0379. The van der Waals surface area contributed by atoms with Crippen LogP contribution in [-0.4, -0.2) is 23.3 Å². The summed E-state index contributed by atoms with van der Waals surface area (Å²) in [4.78, 5) is 16.1. The Morgan fingerprint density at radius 1 is 1.28 bits per heavy atom. The normalized spacial score (nSPS) is 9.72. The largest absolute Gasteiger partial charge is 0.494 e. The van der Waals surface area contributed by atoms with Gasteiger partial charge >= 0.3 is 0 Å². The second kappa shape index (κ2) is 8.57. The van der Waals surface area contributed by atoms with E-state index in [1.165, 1.54) is 6.07 Å². The number of nitrogen functional groups attached to an aromatic ring is 1.